The van der Waals surface area contributed by atoms with E-state index >= 15 is 0 Å². The molecule has 0 aliphatic heterocycles. The number of carbonyl (C=O) groups excluding carboxylic acids is 1. The van der Waals surface area contributed by atoms with Crippen molar-refractivity contribution in [2.24, 2.45) is 17.3 Å². The second kappa shape index (κ2) is 12.5. The quantitative estimate of drug-likeness (QED) is 0.138. The summed E-state index contributed by atoms with van der Waals surface area (Å²) in [6.45, 7) is 2.57. The molecule has 2 aliphatic carbocycles. The van der Waals surface area contributed by atoms with Gasteiger partial charge in [-0.25, -0.2) is 26.7 Å². The zero-order chi connectivity index (χ0) is 27.3. The maximum Gasteiger partial charge on any atom is 0.349 e. The average molecular weight is 539 g/mol. The van der Waals surface area contributed by atoms with Gasteiger partial charge in [-0.2, -0.15) is 0 Å². The Morgan fingerprint density at radius 3 is 2.00 bits per heavy atom. The van der Waals surface area contributed by atoms with Gasteiger partial charge in [-0.1, -0.05) is 39.0 Å². The summed E-state index contributed by atoms with van der Waals surface area (Å²) in [5.41, 5.74) is -0.560. The summed E-state index contributed by atoms with van der Waals surface area (Å²) in [5, 5.41) is 0. The Kier molecular flexibility index (Phi) is 9.32. The zero-order valence-electron chi connectivity index (χ0n) is 21.8. The van der Waals surface area contributed by atoms with Crippen LogP contribution in [0, 0.1) is 46.3 Å². The summed E-state index contributed by atoms with van der Waals surface area (Å²) >= 11 is 0. The highest BCUT2D eigenvalue weighted by molar-refractivity contribution is 5.91. The molecule has 208 valence electrons. The Hall–Kier alpha value is -2.64. The van der Waals surface area contributed by atoms with Gasteiger partial charge in [0.2, 0.25) is 0 Å². The molecule has 2 aliphatic rings. The van der Waals surface area contributed by atoms with Gasteiger partial charge in [0.15, 0.2) is 17.5 Å². The van der Waals surface area contributed by atoms with Crippen LogP contribution in [0.15, 0.2) is 24.3 Å². The first-order valence-electron chi connectivity index (χ1n) is 13.7. The first-order chi connectivity index (χ1) is 18.2. The van der Waals surface area contributed by atoms with Gasteiger partial charge >= 0.3 is 5.97 Å². The van der Waals surface area contributed by atoms with Crippen LogP contribution in [-0.4, -0.2) is 12.6 Å². The molecule has 0 amide bonds. The minimum absolute atomic E-state index is 0.0516. The molecular weight excluding hydrogens is 503 g/mol. The number of hydrogen-bond acceptors (Lipinski definition) is 3. The van der Waals surface area contributed by atoms with Crippen LogP contribution in [-0.2, 0) is 0 Å². The summed E-state index contributed by atoms with van der Waals surface area (Å²) in [5.74, 6) is -8.65. The summed E-state index contributed by atoms with van der Waals surface area (Å²) in [4.78, 5) is 12.3. The van der Waals surface area contributed by atoms with Gasteiger partial charge in [0, 0.05) is 24.3 Å². The Morgan fingerprint density at radius 1 is 0.842 bits per heavy atom. The molecule has 2 aromatic carbocycles. The van der Waals surface area contributed by atoms with E-state index in [4.69, 9.17) is 4.74 Å². The van der Waals surface area contributed by atoms with E-state index in [0.717, 1.165) is 43.7 Å². The van der Waals surface area contributed by atoms with E-state index in [1.54, 1.807) is 0 Å². The lowest BCUT2D eigenvalue weighted by Crippen LogP contribution is -2.36. The third-order valence-corrected chi connectivity index (χ3v) is 8.46. The lowest BCUT2D eigenvalue weighted by atomic mass is 9.59. The number of carbonyl (C=O) groups is 1. The van der Waals surface area contributed by atoms with Gasteiger partial charge in [-0.05, 0) is 62.2 Å². The van der Waals surface area contributed by atoms with Gasteiger partial charge in [0.05, 0.1) is 6.61 Å². The van der Waals surface area contributed by atoms with E-state index in [2.05, 4.69) is 11.7 Å². The summed E-state index contributed by atoms with van der Waals surface area (Å²) < 4.78 is 79.4. The van der Waals surface area contributed by atoms with Crippen molar-refractivity contribution < 1.29 is 36.2 Å². The first kappa shape index (κ1) is 28.4. The predicted octanol–water partition coefficient (Wildman–Crippen LogP) is 8.93. The van der Waals surface area contributed by atoms with Crippen molar-refractivity contribution in [3.05, 3.63) is 58.9 Å². The maximum atomic E-state index is 14.6. The summed E-state index contributed by atoms with van der Waals surface area (Å²) in [6, 6.07) is 2.61. The SMILES string of the molecule is CCCCC1(C2CCC(COc3cc(F)c(C(=O)Oc4cc(F)c(F)c(F)c4)c(F)c3)CC2)CCCCC1. The van der Waals surface area contributed by atoms with Crippen molar-refractivity contribution in [1.29, 1.82) is 0 Å². The lowest BCUT2D eigenvalue weighted by molar-refractivity contribution is 0.0373. The molecule has 2 saturated carbocycles. The molecule has 0 radical (unpaired) electrons. The molecule has 0 atom stereocenters. The molecule has 2 fully saturated rings. The van der Waals surface area contributed by atoms with Crippen LogP contribution in [0.4, 0.5) is 22.0 Å². The molecule has 0 N–H and O–H groups in total. The van der Waals surface area contributed by atoms with Crippen LogP contribution in [0.2, 0.25) is 0 Å². The molecule has 0 unspecified atom stereocenters. The Labute approximate surface area is 220 Å². The molecule has 0 aromatic heterocycles. The fourth-order valence-electron chi connectivity index (χ4n) is 6.38. The van der Waals surface area contributed by atoms with Gasteiger partial charge in [-0.3, -0.25) is 0 Å². The second-order valence-corrected chi connectivity index (χ2v) is 10.9. The molecule has 38 heavy (non-hydrogen) atoms. The van der Waals surface area contributed by atoms with Crippen LogP contribution < -0.4 is 9.47 Å². The Balaban J connectivity index is 1.33. The first-order valence-corrected chi connectivity index (χ1v) is 13.7. The van der Waals surface area contributed by atoms with E-state index in [9.17, 15) is 26.7 Å². The normalized spacial score (nSPS) is 21.2. The predicted molar refractivity (Wildman–Crippen MR) is 134 cm³/mol. The van der Waals surface area contributed by atoms with Crippen molar-refractivity contribution in [3.63, 3.8) is 0 Å². The highest BCUT2D eigenvalue weighted by Crippen LogP contribution is 2.52. The van der Waals surface area contributed by atoms with Gasteiger partial charge < -0.3 is 9.47 Å². The van der Waals surface area contributed by atoms with E-state index in [1.165, 1.54) is 51.4 Å². The van der Waals surface area contributed by atoms with E-state index in [1.807, 2.05) is 0 Å². The number of esters is 1. The van der Waals surface area contributed by atoms with Crippen LogP contribution in [0.5, 0.6) is 11.5 Å². The molecule has 0 saturated heterocycles. The molecule has 0 heterocycles. The van der Waals surface area contributed by atoms with Crippen LogP contribution >= 0.6 is 0 Å². The van der Waals surface area contributed by atoms with Gasteiger partial charge in [-0.15, -0.1) is 0 Å². The standard InChI is InChI=1S/C30H35F5O3/c1-2-3-11-30(12-5-4-6-13-30)20-9-7-19(8-10-20)18-37-21-14-23(31)27(24(32)15-21)29(36)38-22-16-25(33)28(35)26(34)17-22/h14-17,19-20H,2-13,18H2,1H3. The van der Waals surface area contributed by atoms with Crippen LogP contribution in [0.3, 0.4) is 0 Å². The van der Waals surface area contributed by atoms with Crippen molar-refractivity contribution in [1.82, 2.24) is 0 Å². The second-order valence-electron chi connectivity index (χ2n) is 10.9. The van der Waals surface area contributed by atoms with Gasteiger partial charge in [0.1, 0.15) is 28.7 Å². The molecular formula is C30H35F5O3. The monoisotopic (exact) mass is 538 g/mol. The van der Waals surface area contributed by atoms with E-state index in [0.29, 0.717) is 24.2 Å². The van der Waals surface area contributed by atoms with E-state index in [-0.39, 0.29) is 11.7 Å². The Morgan fingerprint density at radius 2 is 1.42 bits per heavy atom. The number of hydrogen-bond donors (Lipinski definition) is 0. The van der Waals surface area contributed by atoms with Crippen LogP contribution in [0.25, 0.3) is 0 Å². The highest BCUT2D eigenvalue weighted by Gasteiger charge is 2.40. The fourth-order valence-corrected chi connectivity index (χ4v) is 6.38. The van der Waals surface area contributed by atoms with Gasteiger partial charge in [0.25, 0.3) is 0 Å². The number of ether oxygens (including phenoxy) is 2. The van der Waals surface area contributed by atoms with Crippen molar-refractivity contribution in [2.45, 2.75) is 84.0 Å². The van der Waals surface area contributed by atoms with Crippen LogP contribution in [0.1, 0.15) is 94.3 Å². The number of rotatable bonds is 9. The number of benzene rings is 2. The molecule has 0 bridgehead atoms. The summed E-state index contributed by atoms with van der Waals surface area (Å²) in [6.07, 6.45) is 14.8. The average Bonchev–Trinajstić information content (AvgIpc) is 2.90. The lowest BCUT2D eigenvalue weighted by Gasteiger charge is -2.47. The van der Waals surface area contributed by atoms with Crippen molar-refractivity contribution >= 4 is 5.97 Å². The molecule has 8 heteroatoms. The minimum atomic E-state index is -1.75. The van der Waals surface area contributed by atoms with E-state index < -0.39 is 46.4 Å². The minimum Gasteiger partial charge on any atom is -0.493 e. The number of unbranched alkanes of at least 4 members (excludes halogenated alkanes) is 1. The number of halogens is 5. The molecule has 3 nitrogen and oxygen atoms in total. The molecule has 0 spiro atoms. The maximum absolute atomic E-state index is 14.6. The van der Waals surface area contributed by atoms with Crippen molar-refractivity contribution in [2.75, 3.05) is 6.61 Å². The van der Waals surface area contributed by atoms with Crippen molar-refractivity contribution in [3.8, 4) is 11.5 Å². The summed E-state index contributed by atoms with van der Waals surface area (Å²) in [7, 11) is 0. The largest absolute Gasteiger partial charge is 0.493 e. The molecule has 2 aromatic rings. The Bertz CT molecular complexity index is 1070. The fraction of sp³-hybridized carbons (Fsp3) is 0.567. The molecule has 4 rings (SSSR count). The highest BCUT2D eigenvalue weighted by atomic mass is 19.2. The third-order valence-electron chi connectivity index (χ3n) is 8.46. The third kappa shape index (κ3) is 6.49. The topological polar surface area (TPSA) is 35.5 Å². The smallest absolute Gasteiger partial charge is 0.349 e. The zero-order valence-corrected chi connectivity index (χ0v) is 21.8.